The predicted molar refractivity (Wildman–Crippen MR) is 38.5 cm³/mol. The fourth-order valence-corrected chi connectivity index (χ4v) is 2.64. The van der Waals surface area contributed by atoms with Crippen LogP contribution in [0.2, 0.25) is 0 Å². The molecule has 0 aromatic carbocycles. The highest BCUT2D eigenvalue weighted by Crippen LogP contribution is 2.16. The molecule has 0 heterocycles. The molecule has 0 aliphatic heterocycles. The van der Waals surface area contributed by atoms with Gasteiger partial charge in [-0.2, -0.15) is 17.8 Å². The van der Waals surface area contributed by atoms with E-state index in [9.17, 15) is 12.6 Å². The zero-order chi connectivity index (χ0) is 8.65. The van der Waals surface area contributed by atoms with Crippen LogP contribution in [-0.2, 0) is 23.4 Å². The third kappa shape index (κ3) is 8.02. The first-order chi connectivity index (χ1) is 3.96. The first kappa shape index (κ1) is 10.0. The van der Waals surface area contributed by atoms with Gasteiger partial charge in [0, 0.05) is 18.8 Å². The van der Waals surface area contributed by atoms with Gasteiger partial charge in [0.2, 0.25) is 0 Å². The van der Waals surface area contributed by atoms with E-state index in [-0.39, 0.29) is 0 Å². The van der Waals surface area contributed by atoms with Crippen LogP contribution in [0.1, 0.15) is 0 Å². The minimum Gasteiger partial charge on any atom is -0.262 e. The molecule has 0 atom stereocenters. The SMILES string of the molecule is CS(C)(C)(=O)OS(=O)(=O)O. The molecule has 0 radical (unpaired) electrons. The predicted octanol–water partition coefficient (Wildman–Crippen LogP) is -0.570. The number of rotatable bonds is 2. The smallest absolute Gasteiger partial charge is 0.262 e. The van der Waals surface area contributed by atoms with Gasteiger partial charge >= 0.3 is 10.4 Å². The molecule has 64 valence electrons. The van der Waals surface area contributed by atoms with Gasteiger partial charge < -0.3 is 0 Å². The third-order valence-electron chi connectivity index (χ3n) is 0.318. The second-order valence-electron chi connectivity index (χ2n) is 2.79. The monoisotopic (exact) mass is 190 g/mol. The molecule has 0 rings (SSSR count). The molecule has 0 aliphatic carbocycles. The van der Waals surface area contributed by atoms with Crippen molar-refractivity contribution in [3.05, 3.63) is 0 Å². The quantitative estimate of drug-likeness (QED) is 0.590. The van der Waals surface area contributed by atoms with Gasteiger partial charge in [0.1, 0.15) is 0 Å². The molecule has 7 heteroatoms. The fraction of sp³-hybridized carbons (Fsp3) is 1.00. The molecule has 0 saturated heterocycles. The molecule has 0 unspecified atom stereocenters. The molecule has 10 heavy (non-hydrogen) atoms. The van der Waals surface area contributed by atoms with Gasteiger partial charge in [0.05, 0.1) is 0 Å². The second-order valence-corrected chi connectivity index (χ2v) is 8.77. The molecule has 5 nitrogen and oxygen atoms in total. The highest BCUT2D eigenvalue weighted by molar-refractivity contribution is 8.18. The Morgan fingerprint density at radius 1 is 1.30 bits per heavy atom. The molecule has 0 aliphatic rings. The van der Waals surface area contributed by atoms with Crippen LogP contribution in [0.5, 0.6) is 0 Å². The lowest BCUT2D eigenvalue weighted by molar-refractivity contribution is 0.391. The molecule has 0 amide bonds. The average Bonchev–Trinajstić information content (AvgIpc) is 1.09. The van der Waals surface area contributed by atoms with Crippen molar-refractivity contribution in [2.24, 2.45) is 0 Å². The van der Waals surface area contributed by atoms with E-state index in [1.807, 2.05) is 0 Å². The summed E-state index contributed by atoms with van der Waals surface area (Å²) in [5, 5.41) is 0. The lowest BCUT2D eigenvalue weighted by Crippen LogP contribution is -2.33. The zero-order valence-electron chi connectivity index (χ0n) is 5.90. The summed E-state index contributed by atoms with van der Waals surface area (Å²) in [5.74, 6) is 0. The number of hydrogen-bond donors (Lipinski definition) is 1. The fourth-order valence-electron chi connectivity index (χ4n) is 0.293. The van der Waals surface area contributed by atoms with E-state index in [1.165, 1.54) is 0 Å². The van der Waals surface area contributed by atoms with E-state index in [4.69, 9.17) is 4.55 Å². The van der Waals surface area contributed by atoms with Crippen LogP contribution in [0.4, 0.5) is 0 Å². The van der Waals surface area contributed by atoms with Crippen molar-refractivity contribution in [2.45, 2.75) is 0 Å². The average molecular weight is 190 g/mol. The third-order valence-corrected chi connectivity index (χ3v) is 2.86. The van der Waals surface area contributed by atoms with Crippen molar-refractivity contribution in [3.63, 3.8) is 0 Å². The van der Waals surface area contributed by atoms with Gasteiger partial charge in [0.25, 0.3) is 0 Å². The number of hydrogen-bond acceptors (Lipinski definition) is 4. The largest absolute Gasteiger partial charge is 0.415 e. The molecular weight excluding hydrogens is 180 g/mol. The first-order valence-electron chi connectivity index (χ1n) is 2.24. The molecule has 0 fully saturated rings. The lowest BCUT2D eigenvalue weighted by Gasteiger charge is -2.31. The maximum Gasteiger partial charge on any atom is 0.415 e. The van der Waals surface area contributed by atoms with Crippen LogP contribution < -0.4 is 0 Å². The van der Waals surface area contributed by atoms with E-state index >= 15 is 0 Å². The first-order valence-corrected chi connectivity index (χ1v) is 6.72. The maximum atomic E-state index is 11.0. The van der Waals surface area contributed by atoms with E-state index in [1.54, 1.807) is 0 Å². The van der Waals surface area contributed by atoms with Gasteiger partial charge in [-0.15, -0.1) is 3.63 Å². The maximum absolute atomic E-state index is 11.0. The summed E-state index contributed by atoms with van der Waals surface area (Å²) < 4.78 is 43.1. The highest BCUT2D eigenvalue weighted by atomic mass is 32.3. The second kappa shape index (κ2) is 2.00. The van der Waals surface area contributed by atoms with Crippen molar-refractivity contribution in [3.8, 4) is 0 Å². The summed E-state index contributed by atoms with van der Waals surface area (Å²) >= 11 is 0. The summed E-state index contributed by atoms with van der Waals surface area (Å²) in [7, 11) is -8.21. The van der Waals surface area contributed by atoms with Gasteiger partial charge in [0.15, 0.2) is 0 Å². The van der Waals surface area contributed by atoms with Crippen molar-refractivity contribution in [2.75, 3.05) is 18.8 Å². The summed E-state index contributed by atoms with van der Waals surface area (Å²) in [6.45, 7) is 0. The summed E-state index contributed by atoms with van der Waals surface area (Å²) in [6.07, 6.45) is 3.31. The molecule has 0 aromatic rings. The molecule has 1 N–H and O–H groups in total. The Morgan fingerprint density at radius 2 is 1.60 bits per heavy atom. The Balaban J connectivity index is 4.67. The Labute approximate surface area is 59.9 Å². The van der Waals surface area contributed by atoms with Crippen molar-refractivity contribution in [1.82, 2.24) is 0 Å². The Kier molecular flexibility index (Phi) is 2.01. The van der Waals surface area contributed by atoms with E-state index in [2.05, 4.69) is 3.63 Å². The topological polar surface area (TPSA) is 80.7 Å². The van der Waals surface area contributed by atoms with Gasteiger partial charge in [-0.1, -0.05) is 0 Å². The van der Waals surface area contributed by atoms with Crippen LogP contribution in [-0.4, -0.2) is 35.9 Å². The van der Waals surface area contributed by atoms with Gasteiger partial charge in [-0.3, -0.25) is 4.55 Å². The van der Waals surface area contributed by atoms with E-state index in [0.717, 1.165) is 18.8 Å². The molecule has 0 bridgehead atoms. The standard InChI is InChI=1S/C3H10O5S2/c1-10(2,3,7)8-9(4,5)6/h1-3H3,(H,4,5,6). The van der Waals surface area contributed by atoms with Crippen molar-refractivity contribution in [1.29, 1.82) is 0 Å². The Hall–Kier alpha value is 0.0200. The van der Waals surface area contributed by atoms with Crippen molar-refractivity contribution < 1.29 is 20.8 Å². The zero-order valence-corrected chi connectivity index (χ0v) is 7.53. The summed E-state index contributed by atoms with van der Waals surface area (Å²) in [6, 6.07) is 0. The van der Waals surface area contributed by atoms with Crippen molar-refractivity contribution >= 4 is 19.7 Å². The molecule has 0 saturated carbocycles. The van der Waals surface area contributed by atoms with Crippen LogP contribution >= 0.6 is 0 Å². The van der Waals surface area contributed by atoms with E-state index < -0.39 is 19.7 Å². The minimum atomic E-state index is -4.60. The normalized spacial score (nSPS) is 17.8. The Morgan fingerprint density at radius 3 is 1.60 bits per heavy atom. The Bertz CT molecular complexity index is 269. The van der Waals surface area contributed by atoms with Crippen LogP contribution in [0.3, 0.4) is 0 Å². The van der Waals surface area contributed by atoms with Crippen LogP contribution in [0.15, 0.2) is 0 Å². The van der Waals surface area contributed by atoms with Gasteiger partial charge in [-0.05, 0) is 0 Å². The van der Waals surface area contributed by atoms with E-state index in [0.29, 0.717) is 0 Å². The minimum absolute atomic E-state index is 1.10. The van der Waals surface area contributed by atoms with Crippen LogP contribution in [0.25, 0.3) is 0 Å². The van der Waals surface area contributed by atoms with Gasteiger partial charge in [-0.25, -0.2) is 4.21 Å². The lowest BCUT2D eigenvalue weighted by atomic mass is 11.9. The molecule has 0 spiro atoms. The highest BCUT2D eigenvalue weighted by Gasteiger charge is 2.20. The molecular formula is C3H10O5S2. The summed E-state index contributed by atoms with van der Waals surface area (Å²) in [4.78, 5) is 0. The molecule has 0 aromatic heterocycles. The van der Waals surface area contributed by atoms with Crippen LogP contribution in [0, 0.1) is 0 Å². The summed E-state index contributed by atoms with van der Waals surface area (Å²) in [5.41, 5.74) is 0.